The van der Waals surface area contributed by atoms with Crippen molar-refractivity contribution in [3.8, 4) is 0 Å². The number of hydrogen-bond acceptors (Lipinski definition) is 1. The first-order valence-corrected chi connectivity index (χ1v) is 6.85. The largest absolute Gasteiger partial charge is 0.390 e. The highest BCUT2D eigenvalue weighted by Crippen LogP contribution is 2.29. The van der Waals surface area contributed by atoms with Crippen LogP contribution in [0, 0.1) is 0 Å². The molecule has 0 bridgehead atoms. The van der Waals surface area contributed by atoms with Crippen molar-refractivity contribution < 1.29 is 13.2 Å². The third-order valence-electron chi connectivity index (χ3n) is 3.09. The van der Waals surface area contributed by atoms with E-state index in [-0.39, 0.29) is 0 Å². The summed E-state index contributed by atoms with van der Waals surface area (Å²) in [4.78, 5) is 0. The number of rotatable bonds is 7. The summed E-state index contributed by atoms with van der Waals surface area (Å²) in [5, 5.41) is 2.90. The van der Waals surface area contributed by atoms with Gasteiger partial charge in [0.25, 0.3) is 0 Å². The van der Waals surface area contributed by atoms with Gasteiger partial charge < -0.3 is 5.32 Å². The Labute approximate surface area is 113 Å². The van der Waals surface area contributed by atoms with Crippen LogP contribution in [0.5, 0.6) is 0 Å². The van der Waals surface area contributed by atoms with E-state index in [2.05, 4.69) is 12.2 Å². The van der Waals surface area contributed by atoms with Crippen LogP contribution in [0.1, 0.15) is 50.3 Å². The fraction of sp³-hybridized carbons (Fsp3) is 0.600. The van der Waals surface area contributed by atoms with Gasteiger partial charge in [0, 0.05) is 6.04 Å². The van der Waals surface area contributed by atoms with Gasteiger partial charge in [-0.25, -0.2) is 0 Å². The fourth-order valence-electron chi connectivity index (χ4n) is 2.08. The minimum atomic E-state index is -4.15. The number of hydrogen-bond donors (Lipinski definition) is 1. The van der Waals surface area contributed by atoms with Gasteiger partial charge in [0.2, 0.25) is 0 Å². The first-order chi connectivity index (χ1) is 8.96. The first kappa shape index (κ1) is 16.0. The number of nitrogens with one attached hydrogen (secondary N) is 1. The zero-order valence-corrected chi connectivity index (χ0v) is 11.6. The van der Waals surface area contributed by atoms with Crippen molar-refractivity contribution in [2.24, 2.45) is 0 Å². The monoisotopic (exact) mass is 273 g/mol. The summed E-state index contributed by atoms with van der Waals surface area (Å²) in [6.45, 7) is 4.47. The summed E-state index contributed by atoms with van der Waals surface area (Å²) < 4.78 is 37.6. The van der Waals surface area contributed by atoms with Gasteiger partial charge in [-0.15, -0.1) is 0 Å². The summed E-state index contributed by atoms with van der Waals surface area (Å²) in [6, 6.07) is 6.84. The first-order valence-electron chi connectivity index (χ1n) is 6.85. The van der Waals surface area contributed by atoms with Crippen LogP contribution >= 0.6 is 0 Å². The quantitative estimate of drug-likeness (QED) is 0.763. The summed E-state index contributed by atoms with van der Waals surface area (Å²) in [5.74, 6) is 0. The summed E-state index contributed by atoms with van der Waals surface area (Å²) in [6.07, 6.45) is -1.75. The fourth-order valence-corrected chi connectivity index (χ4v) is 2.08. The zero-order chi connectivity index (χ0) is 14.3. The smallest absolute Gasteiger partial charge is 0.310 e. The highest BCUT2D eigenvalue weighted by atomic mass is 19.4. The van der Waals surface area contributed by atoms with Gasteiger partial charge in [-0.05, 0) is 30.5 Å². The number of alkyl halides is 3. The molecule has 0 saturated carbocycles. The van der Waals surface area contributed by atoms with Crippen molar-refractivity contribution in [1.82, 2.24) is 5.32 Å². The molecule has 0 aliphatic carbocycles. The van der Waals surface area contributed by atoms with Crippen molar-refractivity contribution in [1.29, 1.82) is 0 Å². The topological polar surface area (TPSA) is 12.0 Å². The Morgan fingerprint density at radius 2 is 1.74 bits per heavy atom. The van der Waals surface area contributed by atoms with Crippen LogP contribution in [0.25, 0.3) is 0 Å². The lowest BCUT2D eigenvalue weighted by atomic mass is 10.00. The molecule has 0 aliphatic rings. The Kier molecular flexibility index (Phi) is 6.35. The zero-order valence-electron chi connectivity index (χ0n) is 11.6. The number of halogens is 3. The van der Waals surface area contributed by atoms with Crippen LogP contribution < -0.4 is 5.32 Å². The summed E-state index contributed by atoms with van der Waals surface area (Å²) >= 11 is 0. The van der Waals surface area contributed by atoms with E-state index in [0.29, 0.717) is 12.1 Å². The van der Waals surface area contributed by atoms with E-state index in [1.165, 1.54) is 5.56 Å². The van der Waals surface area contributed by atoms with Crippen LogP contribution in [0.15, 0.2) is 24.3 Å². The molecule has 0 amide bonds. The van der Waals surface area contributed by atoms with Crippen molar-refractivity contribution in [2.75, 3.05) is 6.54 Å². The number of aryl methyl sites for hydroxylation is 1. The second-order valence-electron chi connectivity index (χ2n) is 4.77. The van der Waals surface area contributed by atoms with E-state index in [9.17, 15) is 13.2 Å². The molecule has 1 atom stereocenters. The molecule has 0 saturated heterocycles. The van der Waals surface area contributed by atoms with Gasteiger partial charge in [0.05, 0.1) is 6.42 Å². The van der Waals surface area contributed by atoms with Gasteiger partial charge in [-0.2, -0.15) is 13.2 Å². The van der Waals surface area contributed by atoms with Gasteiger partial charge >= 0.3 is 6.18 Å². The lowest BCUT2D eigenvalue weighted by molar-refractivity contribution is -0.140. The van der Waals surface area contributed by atoms with E-state index in [1.54, 1.807) is 0 Å². The minimum Gasteiger partial charge on any atom is -0.310 e. The molecule has 4 heteroatoms. The van der Waals surface area contributed by atoms with Crippen molar-refractivity contribution in [2.45, 2.75) is 51.7 Å². The number of benzene rings is 1. The number of unbranched alkanes of at least 4 members (excludes halogenated alkanes) is 1. The second-order valence-corrected chi connectivity index (χ2v) is 4.77. The average Bonchev–Trinajstić information content (AvgIpc) is 2.35. The van der Waals surface area contributed by atoms with Gasteiger partial charge in [-0.1, -0.05) is 44.5 Å². The van der Waals surface area contributed by atoms with Crippen LogP contribution in [0.4, 0.5) is 13.2 Å². The minimum absolute atomic E-state index is 0.526. The van der Waals surface area contributed by atoms with Gasteiger partial charge in [0.15, 0.2) is 0 Å². The van der Waals surface area contributed by atoms with E-state index in [1.807, 2.05) is 31.2 Å². The summed E-state index contributed by atoms with van der Waals surface area (Å²) in [7, 11) is 0. The SMILES string of the molecule is CCCCc1ccc(C(CC(F)(F)F)NCC)cc1. The van der Waals surface area contributed by atoms with E-state index in [0.717, 1.165) is 19.3 Å². The van der Waals surface area contributed by atoms with Gasteiger partial charge in [0.1, 0.15) is 0 Å². The predicted molar refractivity (Wildman–Crippen MR) is 72.1 cm³/mol. The van der Waals surface area contributed by atoms with Crippen LogP contribution in [0.2, 0.25) is 0 Å². The molecule has 0 aromatic heterocycles. The van der Waals surface area contributed by atoms with E-state index < -0.39 is 18.6 Å². The lowest BCUT2D eigenvalue weighted by Crippen LogP contribution is -2.26. The normalized spacial score (nSPS) is 13.5. The van der Waals surface area contributed by atoms with Gasteiger partial charge in [-0.3, -0.25) is 0 Å². The molecule has 1 unspecified atom stereocenters. The highest BCUT2D eigenvalue weighted by Gasteiger charge is 2.32. The third-order valence-corrected chi connectivity index (χ3v) is 3.09. The average molecular weight is 273 g/mol. The molecule has 1 N–H and O–H groups in total. The second kappa shape index (κ2) is 7.53. The molecule has 0 aliphatic heterocycles. The van der Waals surface area contributed by atoms with Crippen molar-refractivity contribution >= 4 is 0 Å². The molecule has 108 valence electrons. The molecular formula is C15H22F3N. The summed E-state index contributed by atoms with van der Waals surface area (Å²) in [5.41, 5.74) is 1.90. The molecule has 19 heavy (non-hydrogen) atoms. The molecule has 0 fully saturated rings. The molecule has 1 rings (SSSR count). The predicted octanol–water partition coefficient (Wildman–Crippen LogP) is 4.63. The van der Waals surface area contributed by atoms with Crippen LogP contribution in [-0.2, 0) is 6.42 Å². The van der Waals surface area contributed by atoms with Crippen LogP contribution in [0.3, 0.4) is 0 Å². The third kappa shape index (κ3) is 6.10. The molecule has 1 aromatic carbocycles. The van der Waals surface area contributed by atoms with Crippen molar-refractivity contribution in [3.05, 3.63) is 35.4 Å². The Bertz CT molecular complexity index is 357. The molecular weight excluding hydrogens is 251 g/mol. The maximum atomic E-state index is 12.5. The Hall–Kier alpha value is -1.03. The van der Waals surface area contributed by atoms with E-state index in [4.69, 9.17) is 0 Å². The maximum Gasteiger partial charge on any atom is 0.390 e. The maximum absolute atomic E-state index is 12.5. The van der Waals surface area contributed by atoms with E-state index >= 15 is 0 Å². The molecule has 1 nitrogen and oxygen atoms in total. The standard InChI is InChI=1S/C15H22F3N/c1-3-5-6-12-7-9-13(10-8-12)14(19-4-2)11-15(16,17)18/h7-10,14,19H,3-6,11H2,1-2H3. The molecule has 0 heterocycles. The molecule has 0 radical (unpaired) electrons. The molecule has 1 aromatic rings. The van der Waals surface area contributed by atoms with Crippen molar-refractivity contribution in [3.63, 3.8) is 0 Å². The highest BCUT2D eigenvalue weighted by molar-refractivity contribution is 5.25. The lowest BCUT2D eigenvalue weighted by Gasteiger charge is -2.20. The Balaban J connectivity index is 2.73. The van der Waals surface area contributed by atoms with Crippen LogP contribution in [-0.4, -0.2) is 12.7 Å². The Morgan fingerprint density at radius 3 is 2.21 bits per heavy atom. The Morgan fingerprint density at radius 1 is 1.11 bits per heavy atom. The molecule has 0 spiro atoms.